The molecular formula is C78H51AlO3. The lowest BCUT2D eigenvalue weighted by Crippen LogP contribution is -2.38. The summed E-state index contributed by atoms with van der Waals surface area (Å²) in [5, 5.41) is 13.2. The predicted octanol–water partition coefficient (Wildman–Crippen LogP) is 21.1. The Morgan fingerprint density at radius 2 is 0.415 bits per heavy atom. The molecule has 15 aromatic carbocycles. The number of hydrogen-bond donors (Lipinski definition) is 0. The Kier molecular flexibility index (Phi) is 12.6. The molecule has 4 heteroatoms. The predicted molar refractivity (Wildman–Crippen MR) is 345 cm³/mol. The zero-order chi connectivity index (χ0) is 54.3. The van der Waals surface area contributed by atoms with E-state index in [4.69, 9.17) is 11.4 Å². The van der Waals surface area contributed by atoms with Crippen molar-refractivity contribution in [3.05, 3.63) is 309 Å². The zero-order valence-electron chi connectivity index (χ0n) is 44.7. The van der Waals surface area contributed by atoms with Crippen molar-refractivity contribution in [2.75, 3.05) is 0 Å². The van der Waals surface area contributed by atoms with Gasteiger partial charge in [-0.2, -0.15) is 0 Å². The lowest BCUT2D eigenvalue weighted by Gasteiger charge is -2.28. The van der Waals surface area contributed by atoms with Crippen LogP contribution in [0.5, 0.6) is 17.2 Å². The topological polar surface area (TPSA) is 27.7 Å². The van der Waals surface area contributed by atoms with Gasteiger partial charge >= 0.3 is 15.1 Å². The molecule has 0 saturated heterocycles. The first-order chi connectivity index (χ1) is 40.7. The number of fused-ring (bicyclic) bond motifs is 6. The molecule has 0 amide bonds. The fourth-order valence-corrected chi connectivity index (χ4v) is 13.8. The van der Waals surface area contributed by atoms with E-state index in [0.29, 0.717) is 17.2 Å². The van der Waals surface area contributed by atoms with E-state index in [9.17, 15) is 0 Å². The standard InChI is InChI=1S/3C26H18O.Al/c3*27-26-24(19-9-2-1-3-10-19)17-20-12-5-7-15-22(20)25(26)23-16-8-13-18-11-4-6-14-21(18)23;/h3*1-17,27H;/q;;;+3/p-3. The Labute approximate surface area is 481 Å². The third-order valence-electron chi connectivity index (χ3n) is 16.1. The monoisotopic (exact) mass is 1060 g/mol. The van der Waals surface area contributed by atoms with Crippen molar-refractivity contribution in [3.63, 3.8) is 0 Å². The lowest BCUT2D eigenvalue weighted by atomic mass is 9.89. The van der Waals surface area contributed by atoms with Crippen LogP contribution < -0.4 is 11.4 Å². The fraction of sp³-hybridized carbons (Fsp3) is 0. The highest BCUT2D eigenvalue weighted by molar-refractivity contribution is 6.41. The van der Waals surface area contributed by atoms with Gasteiger partial charge in [0, 0.05) is 33.4 Å². The molecule has 0 bridgehead atoms. The van der Waals surface area contributed by atoms with Crippen molar-refractivity contribution < 1.29 is 11.4 Å². The van der Waals surface area contributed by atoms with E-state index in [1.165, 1.54) is 0 Å². The maximum absolute atomic E-state index is 8.21. The summed E-state index contributed by atoms with van der Waals surface area (Å²) >= 11 is -3.75. The third kappa shape index (κ3) is 8.79. The summed E-state index contributed by atoms with van der Waals surface area (Å²) in [6.07, 6.45) is 0. The van der Waals surface area contributed by atoms with Crippen LogP contribution in [0.3, 0.4) is 0 Å². The third-order valence-corrected chi connectivity index (χ3v) is 17.4. The van der Waals surface area contributed by atoms with Gasteiger partial charge in [-0.15, -0.1) is 0 Å². The van der Waals surface area contributed by atoms with E-state index in [0.717, 1.165) is 131 Å². The molecule has 0 N–H and O–H groups in total. The van der Waals surface area contributed by atoms with E-state index in [1.54, 1.807) is 0 Å². The minimum atomic E-state index is -3.75. The quantitative estimate of drug-likeness (QED) is 0.114. The summed E-state index contributed by atoms with van der Waals surface area (Å²) in [5.74, 6) is 2.04. The molecule has 384 valence electrons. The Bertz CT molecular complexity index is 4390. The molecule has 0 radical (unpaired) electrons. The largest absolute Gasteiger partial charge is 1.20 e. The van der Waals surface area contributed by atoms with Gasteiger partial charge in [-0.1, -0.05) is 291 Å². The van der Waals surface area contributed by atoms with Gasteiger partial charge in [-0.05, 0) is 116 Å². The van der Waals surface area contributed by atoms with E-state index in [1.807, 2.05) is 0 Å². The molecular weight excluding hydrogens is 1010 g/mol. The molecule has 0 aliphatic carbocycles. The average molecular weight is 1060 g/mol. The van der Waals surface area contributed by atoms with E-state index >= 15 is 0 Å². The molecule has 0 atom stereocenters. The van der Waals surface area contributed by atoms with Crippen LogP contribution in [0.1, 0.15) is 0 Å². The van der Waals surface area contributed by atoms with E-state index in [-0.39, 0.29) is 0 Å². The van der Waals surface area contributed by atoms with E-state index < -0.39 is 15.1 Å². The van der Waals surface area contributed by atoms with Gasteiger partial charge in [0.05, 0.1) is 0 Å². The normalized spacial score (nSPS) is 11.4. The Morgan fingerprint density at radius 1 is 0.183 bits per heavy atom. The molecule has 0 saturated carbocycles. The molecule has 82 heavy (non-hydrogen) atoms. The van der Waals surface area contributed by atoms with Gasteiger partial charge in [0.1, 0.15) is 17.2 Å². The van der Waals surface area contributed by atoms with Gasteiger partial charge in [0.15, 0.2) is 0 Å². The highest BCUT2D eigenvalue weighted by Gasteiger charge is 2.48. The molecule has 0 unspecified atom stereocenters. The Morgan fingerprint density at radius 3 is 0.707 bits per heavy atom. The van der Waals surface area contributed by atoms with Crippen LogP contribution in [0, 0.1) is 0 Å². The SMILES string of the molecule is c1ccc(-c2cc3ccccc3c(-c3cccc4ccccc34)c2[O][Al]([O]c2c(-c3ccccc3)cc3ccccc3c2-c2cccc3ccccc23)[O]c2c(-c3ccccc3)cc3ccccc3c2-c2cccc3ccccc23)cc1. The second-order valence-electron chi connectivity index (χ2n) is 20.9. The van der Waals surface area contributed by atoms with Crippen LogP contribution in [0.4, 0.5) is 0 Å². The number of hydrogen-bond acceptors (Lipinski definition) is 3. The van der Waals surface area contributed by atoms with Gasteiger partial charge in [0.25, 0.3) is 0 Å². The van der Waals surface area contributed by atoms with Crippen LogP contribution in [0.2, 0.25) is 0 Å². The molecule has 0 aliphatic heterocycles. The van der Waals surface area contributed by atoms with Crippen molar-refractivity contribution in [2.45, 2.75) is 0 Å². The Balaban J connectivity index is 1.08. The first-order valence-corrected chi connectivity index (χ1v) is 29.4. The van der Waals surface area contributed by atoms with Crippen molar-refractivity contribution >= 4 is 79.8 Å². The van der Waals surface area contributed by atoms with Crippen LogP contribution in [-0.4, -0.2) is 15.1 Å². The smallest absolute Gasteiger partial charge is 0.576 e. The summed E-state index contributed by atoms with van der Waals surface area (Å²) in [7, 11) is 0. The highest BCUT2D eigenvalue weighted by atomic mass is 27.3. The molecule has 0 fully saturated rings. The first-order valence-electron chi connectivity index (χ1n) is 28.0. The number of benzene rings is 15. The van der Waals surface area contributed by atoms with Crippen molar-refractivity contribution in [2.24, 2.45) is 0 Å². The highest BCUT2D eigenvalue weighted by Crippen LogP contribution is 2.52. The lowest BCUT2D eigenvalue weighted by molar-refractivity contribution is 0.311. The Hall–Kier alpha value is -10.2. The van der Waals surface area contributed by atoms with Crippen LogP contribution in [0.25, 0.3) is 131 Å². The van der Waals surface area contributed by atoms with Crippen LogP contribution >= 0.6 is 0 Å². The molecule has 15 aromatic rings. The maximum atomic E-state index is 8.21. The summed E-state index contributed by atoms with van der Waals surface area (Å²) in [6, 6.07) is 110. The van der Waals surface area contributed by atoms with Gasteiger partial charge in [0.2, 0.25) is 0 Å². The second kappa shape index (κ2) is 21.1. The summed E-state index contributed by atoms with van der Waals surface area (Å²) in [5.41, 5.74) is 11.9. The first kappa shape index (κ1) is 48.9. The van der Waals surface area contributed by atoms with Crippen molar-refractivity contribution in [3.8, 4) is 84.0 Å². The molecule has 0 aliphatic rings. The summed E-state index contributed by atoms with van der Waals surface area (Å²) in [6.45, 7) is 0. The van der Waals surface area contributed by atoms with Gasteiger partial charge in [-0.25, -0.2) is 0 Å². The second-order valence-corrected chi connectivity index (χ2v) is 22.2. The fourth-order valence-electron chi connectivity index (χ4n) is 12.3. The van der Waals surface area contributed by atoms with Crippen molar-refractivity contribution in [1.29, 1.82) is 0 Å². The van der Waals surface area contributed by atoms with Crippen LogP contribution in [-0.2, 0) is 0 Å². The van der Waals surface area contributed by atoms with Gasteiger partial charge < -0.3 is 11.4 Å². The summed E-state index contributed by atoms with van der Waals surface area (Å²) < 4.78 is 24.6. The molecule has 15 rings (SSSR count). The number of rotatable bonds is 12. The molecule has 0 spiro atoms. The molecule has 0 aromatic heterocycles. The molecule has 3 nitrogen and oxygen atoms in total. The minimum absolute atomic E-state index is 0.681. The van der Waals surface area contributed by atoms with Crippen molar-refractivity contribution in [1.82, 2.24) is 0 Å². The van der Waals surface area contributed by atoms with E-state index in [2.05, 4.69) is 309 Å². The van der Waals surface area contributed by atoms with Gasteiger partial charge in [-0.3, -0.25) is 0 Å². The maximum Gasteiger partial charge on any atom is 1.20 e. The zero-order valence-corrected chi connectivity index (χ0v) is 45.9. The molecule has 0 heterocycles. The van der Waals surface area contributed by atoms with Crippen LogP contribution in [0.15, 0.2) is 309 Å². The average Bonchev–Trinajstić information content (AvgIpc) is 2.65. The minimum Gasteiger partial charge on any atom is -0.576 e. The summed E-state index contributed by atoms with van der Waals surface area (Å²) in [4.78, 5) is 0.